The summed E-state index contributed by atoms with van der Waals surface area (Å²) >= 11 is 0. The van der Waals surface area contributed by atoms with E-state index in [1.165, 1.54) is 25.7 Å². The van der Waals surface area contributed by atoms with Crippen molar-refractivity contribution in [2.45, 2.75) is 46.0 Å². The van der Waals surface area contributed by atoms with Gasteiger partial charge in [0, 0.05) is 17.8 Å². The maximum absolute atomic E-state index is 12.3. The third-order valence-corrected chi connectivity index (χ3v) is 4.34. The molecule has 2 rings (SSSR count). The van der Waals surface area contributed by atoms with Gasteiger partial charge < -0.3 is 10.7 Å². The number of nitrogen functional groups attached to an aromatic ring is 1. The summed E-state index contributed by atoms with van der Waals surface area (Å²) in [5.41, 5.74) is 4.00. The number of aromatic nitrogens is 1. The van der Waals surface area contributed by atoms with E-state index in [0.717, 1.165) is 24.6 Å². The van der Waals surface area contributed by atoms with Crippen molar-refractivity contribution in [2.75, 3.05) is 12.0 Å². The van der Waals surface area contributed by atoms with E-state index in [-0.39, 0.29) is 5.91 Å². The third kappa shape index (κ3) is 4.43. The van der Waals surface area contributed by atoms with Crippen molar-refractivity contribution in [3.05, 3.63) is 23.4 Å². The SMILES string of the molecule is CCc1cc(C(=O)NCC2CCC(C)CC2)cc(NN)n1. The molecule has 1 aliphatic carbocycles. The molecule has 1 heterocycles. The number of carbonyl (C=O) groups excluding carboxylic acids is 1. The van der Waals surface area contributed by atoms with Gasteiger partial charge in [-0.2, -0.15) is 0 Å². The zero-order valence-electron chi connectivity index (χ0n) is 13.0. The summed E-state index contributed by atoms with van der Waals surface area (Å²) in [4.78, 5) is 16.6. The van der Waals surface area contributed by atoms with Gasteiger partial charge >= 0.3 is 0 Å². The fourth-order valence-electron chi connectivity index (χ4n) is 2.85. The van der Waals surface area contributed by atoms with Crippen molar-refractivity contribution < 1.29 is 4.79 Å². The normalized spacial score (nSPS) is 21.9. The minimum atomic E-state index is -0.0396. The lowest BCUT2D eigenvalue weighted by Gasteiger charge is -2.26. The number of aryl methyl sites for hydroxylation is 1. The van der Waals surface area contributed by atoms with Gasteiger partial charge in [-0.3, -0.25) is 4.79 Å². The third-order valence-electron chi connectivity index (χ3n) is 4.34. The van der Waals surface area contributed by atoms with E-state index in [2.05, 4.69) is 22.7 Å². The van der Waals surface area contributed by atoms with Crippen LogP contribution in [0.3, 0.4) is 0 Å². The highest BCUT2D eigenvalue weighted by Gasteiger charge is 2.19. The molecule has 0 bridgehead atoms. The number of nitrogens with one attached hydrogen (secondary N) is 2. The standard InChI is InChI=1S/C16H26N4O/c1-3-14-8-13(9-15(19-14)20-17)16(21)18-10-12-6-4-11(2)5-7-12/h8-9,11-12H,3-7,10,17H2,1-2H3,(H,18,21)(H,19,20). The zero-order valence-corrected chi connectivity index (χ0v) is 13.0. The Labute approximate surface area is 126 Å². The van der Waals surface area contributed by atoms with Crippen molar-refractivity contribution in [1.29, 1.82) is 0 Å². The summed E-state index contributed by atoms with van der Waals surface area (Å²) in [6.45, 7) is 5.08. The lowest BCUT2D eigenvalue weighted by Crippen LogP contribution is -2.31. The lowest BCUT2D eigenvalue weighted by atomic mass is 9.83. The summed E-state index contributed by atoms with van der Waals surface area (Å²) < 4.78 is 0. The molecular formula is C16H26N4O. The molecule has 21 heavy (non-hydrogen) atoms. The molecule has 1 fully saturated rings. The van der Waals surface area contributed by atoms with Crippen molar-refractivity contribution in [3.63, 3.8) is 0 Å². The minimum Gasteiger partial charge on any atom is -0.352 e. The fourth-order valence-corrected chi connectivity index (χ4v) is 2.85. The van der Waals surface area contributed by atoms with Gasteiger partial charge in [-0.05, 0) is 43.2 Å². The molecule has 5 nitrogen and oxygen atoms in total. The van der Waals surface area contributed by atoms with E-state index in [4.69, 9.17) is 5.84 Å². The molecule has 1 amide bonds. The van der Waals surface area contributed by atoms with E-state index >= 15 is 0 Å². The second kappa shape index (κ2) is 7.41. The Morgan fingerprint density at radius 1 is 1.33 bits per heavy atom. The number of amides is 1. The van der Waals surface area contributed by atoms with E-state index in [1.54, 1.807) is 6.07 Å². The van der Waals surface area contributed by atoms with Crippen molar-refractivity contribution in [1.82, 2.24) is 10.3 Å². The number of anilines is 1. The van der Waals surface area contributed by atoms with E-state index < -0.39 is 0 Å². The van der Waals surface area contributed by atoms with Gasteiger partial charge in [0.25, 0.3) is 5.91 Å². The number of rotatable bonds is 5. The van der Waals surface area contributed by atoms with Crippen LogP contribution in [0.4, 0.5) is 5.82 Å². The van der Waals surface area contributed by atoms with Gasteiger partial charge in [0.05, 0.1) is 0 Å². The largest absolute Gasteiger partial charge is 0.352 e. The Balaban J connectivity index is 1.93. The first-order chi connectivity index (χ1) is 10.1. The molecule has 1 aromatic rings. The molecule has 0 unspecified atom stereocenters. The highest BCUT2D eigenvalue weighted by molar-refractivity contribution is 5.95. The molecule has 1 aliphatic rings. The number of carbonyl (C=O) groups is 1. The van der Waals surface area contributed by atoms with Crippen molar-refractivity contribution in [3.8, 4) is 0 Å². The molecule has 116 valence electrons. The second-order valence-corrected chi connectivity index (χ2v) is 6.07. The van der Waals surface area contributed by atoms with Crippen molar-refractivity contribution in [2.24, 2.45) is 17.7 Å². The quantitative estimate of drug-likeness (QED) is 0.575. The first-order valence-corrected chi connectivity index (χ1v) is 7.88. The number of nitrogens with two attached hydrogens (primary N) is 1. The van der Waals surface area contributed by atoms with Crippen molar-refractivity contribution >= 4 is 11.7 Å². The number of nitrogens with zero attached hydrogens (tertiary/aromatic N) is 1. The summed E-state index contributed by atoms with van der Waals surface area (Å²) in [5, 5.41) is 3.05. The van der Waals surface area contributed by atoms with Crippen LogP contribution in [0, 0.1) is 11.8 Å². The van der Waals surface area contributed by atoms with Gasteiger partial charge in [0.1, 0.15) is 5.82 Å². The smallest absolute Gasteiger partial charge is 0.251 e. The summed E-state index contributed by atoms with van der Waals surface area (Å²) in [6, 6.07) is 3.52. The maximum atomic E-state index is 12.3. The summed E-state index contributed by atoms with van der Waals surface area (Å²) in [5.74, 6) is 7.35. The highest BCUT2D eigenvalue weighted by atomic mass is 16.1. The molecular weight excluding hydrogens is 264 g/mol. The molecule has 0 saturated heterocycles. The predicted octanol–water partition coefficient (Wildman–Crippen LogP) is 2.49. The van der Waals surface area contributed by atoms with Gasteiger partial charge in [-0.25, -0.2) is 10.8 Å². The number of pyridine rings is 1. The number of hydrogen-bond donors (Lipinski definition) is 3. The van der Waals surface area contributed by atoms with Gasteiger partial charge in [-0.15, -0.1) is 0 Å². The van der Waals surface area contributed by atoms with Gasteiger partial charge in [0.2, 0.25) is 0 Å². The van der Waals surface area contributed by atoms with Crippen LogP contribution in [0.1, 0.15) is 55.6 Å². The number of hydrogen-bond acceptors (Lipinski definition) is 4. The molecule has 5 heteroatoms. The Bertz CT molecular complexity index is 459. The minimum absolute atomic E-state index is 0.0396. The van der Waals surface area contributed by atoms with Gasteiger partial charge in [0.15, 0.2) is 0 Å². The topological polar surface area (TPSA) is 80.0 Å². The van der Waals surface area contributed by atoms with E-state index in [9.17, 15) is 4.79 Å². The summed E-state index contributed by atoms with van der Waals surface area (Å²) in [7, 11) is 0. The van der Waals surface area contributed by atoms with Crippen LogP contribution in [0.5, 0.6) is 0 Å². The Morgan fingerprint density at radius 3 is 2.67 bits per heavy atom. The van der Waals surface area contributed by atoms with E-state index in [0.29, 0.717) is 17.3 Å². The predicted molar refractivity (Wildman–Crippen MR) is 84.9 cm³/mol. The monoisotopic (exact) mass is 290 g/mol. The Hall–Kier alpha value is -1.62. The lowest BCUT2D eigenvalue weighted by molar-refractivity contribution is 0.0941. The van der Waals surface area contributed by atoms with Crippen LogP contribution in [-0.2, 0) is 6.42 Å². The van der Waals surface area contributed by atoms with E-state index in [1.807, 2.05) is 13.0 Å². The van der Waals surface area contributed by atoms with Crippen LogP contribution in [0.15, 0.2) is 12.1 Å². The van der Waals surface area contributed by atoms with Crippen LogP contribution < -0.4 is 16.6 Å². The molecule has 1 saturated carbocycles. The first-order valence-electron chi connectivity index (χ1n) is 7.88. The number of hydrazine groups is 1. The fraction of sp³-hybridized carbons (Fsp3) is 0.625. The molecule has 0 atom stereocenters. The molecule has 0 radical (unpaired) electrons. The average Bonchev–Trinajstić information content (AvgIpc) is 2.53. The van der Waals surface area contributed by atoms with Gasteiger partial charge in [-0.1, -0.05) is 26.7 Å². The van der Waals surface area contributed by atoms with Crippen LogP contribution in [-0.4, -0.2) is 17.4 Å². The molecule has 0 aliphatic heterocycles. The molecule has 0 spiro atoms. The maximum Gasteiger partial charge on any atom is 0.251 e. The molecule has 4 N–H and O–H groups in total. The summed E-state index contributed by atoms with van der Waals surface area (Å²) in [6.07, 6.45) is 5.76. The zero-order chi connectivity index (χ0) is 15.2. The van der Waals surface area contributed by atoms with Crippen LogP contribution >= 0.6 is 0 Å². The van der Waals surface area contributed by atoms with Crippen LogP contribution in [0.25, 0.3) is 0 Å². The molecule has 0 aromatic carbocycles. The first kappa shape index (κ1) is 15.8. The van der Waals surface area contributed by atoms with Crippen LogP contribution in [0.2, 0.25) is 0 Å². The molecule has 1 aromatic heterocycles. The highest BCUT2D eigenvalue weighted by Crippen LogP contribution is 2.27. The Morgan fingerprint density at radius 2 is 2.05 bits per heavy atom. The Kier molecular flexibility index (Phi) is 5.56. The average molecular weight is 290 g/mol. The second-order valence-electron chi connectivity index (χ2n) is 6.07.